The van der Waals surface area contributed by atoms with Crippen LogP contribution in [0.5, 0.6) is 0 Å². The van der Waals surface area contributed by atoms with Crippen LogP contribution in [0.15, 0.2) is 31.0 Å². The van der Waals surface area contributed by atoms with Crippen LogP contribution < -0.4 is 5.32 Å². The third-order valence-electron chi connectivity index (χ3n) is 2.82. The van der Waals surface area contributed by atoms with Crippen molar-refractivity contribution in [1.29, 1.82) is 0 Å². The highest BCUT2D eigenvalue weighted by atomic mass is 16.3. The van der Waals surface area contributed by atoms with E-state index < -0.39 is 6.10 Å². The number of nitrogens with zero attached hydrogens (tertiary/aromatic N) is 2. The number of nitrogens with one attached hydrogen (secondary N) is 1. The van der Waals surface area contributed by atoms with E-state index in [1.165, 1.54) is 0 Å². The van der Waals surface area contributed by atoms with Crippen LogP contribution in [0.1, 0.15) is 18.4 Å². The summed E-state index contributed by atoms with van der Waals surface area (Å²) in [6.45, 7) is 6.24. The van der Waals surface area contributed by atoms with Crippen LogP contribution in [-0.4, -0.2) is 47.1 Å². The molecule has 0 spiro atoms. The van der Waals surface area contributed by atoms with E-state index in [1.54, 1.807) is 30.3 Å². The average Bonchev–Trinajstić information content (AvgIpc) is 2.38. The van der Waals surface area contributed by atoms with Crippen LogP contribution in [-0.2, 0) is 4.79 Å². The summed E-state index contributed by atoms with van der Waals surface area (Å²) >= 11 is 0. The first-order valence-corrected chi connectivity index (χ1v) is 6.71. The SMILES string of the molecule is C=CCCC(O)CN(C)CC(=O)Nc1ccc(C)cn1. The monoisotopic (exact) mass is 277 g/mol. The summed E-state index contributed by atoms with van der Waals surface area (Å²) < 4.78 is 0. The zero-order valence-corrected chi connectivity index (χ0v) is 12.2. The van der Waals surface area contributed by atoms with Gasteiger partial charge in [0, 0.05) is 12.7 Å². The Hall–Kier alpha value is -1.72. The standard InChI is InChI=1S/C15H23N3O2/c1-4-5-6-13(19)10-18(3)11-15(20)17-14-8-7-12(2)9-16-14/h4,7-9,13,19H,1,5-6,10-11H2,2-3H3,(H,16,17,20). The first-order chi connectivity index (χ1) is 9.51. The summed E-state index contributed by atoms with van der Waals surface area (Å²) in [6, 6.07) is 3.66. The summed E-state index contributed by atoms with van der Waals surface area (Å²) in [7, 11) is 1.80. The molecule has 110 valence electrons. The van der Waals surface area contributed by atoms with E-state index in [0.717, 1.165) is 12.0 Å². The molecule has 1 aromatic rings. The van der Waals surface area contributed by atoms with Crippen molar-refractivity contribution in [3.05, 3.63) is 36.5 Å². The van der Waals surface area contributed by atoms with Crippen molar-refractivity contribution in [2.75, 3.05) is 25.5 Å². The predicted octanol–water partition coefficient (Wildman–Crippen LogP) is 1.59. The number of allylic oxidation sites excluding steroid dienone is 1. The lowest BCUT2D eigenvalue weighted by molar-refractivity contribution is -0.117. The molecule has 0 aliphatic rings. The van der Waals surface area contributed by atoms with Gasteiger partial charge < -0.3 is 10.4 Å². The molecule has 0 aliphatic carbocycles. The largest absolute Gasteiger partial charge is 0.392 e. The van der Waals surface area contributed by atoms with Gasteiger partial charge in [0.1, 0.15) is 5.82 Å². The van der Waals surface area contributed by atoms with E-state index >= 15 is 0 Å². The van der Waals surface area contributed by atoms with Gasteiger partial charge in [0.2, 0.25) is 5.91 Å². The molecule has 0 saturated heterocycles. The van der Waals surface area contributed by atoms with Crippen molar-refractivity contribution < 1.29 is 9.90 Å². The highest BCUT2D eigenvalue weighted by molar-refractivity contribution is 5.91. The van der Waals surface area contributed by atoms with Gasteiger partial charge in [-0.2, -0.15) is 0 Å². The quantitative estimate of drug-likeness (QED) is 0.708. The van der Waals surface area contributed by atoms with Gasteiger partial charge in [0.05, 0.1) is 12.6 Å². The molecule has 1 unspecified atom stereocenters. The predicted molar refractivity (Wildman–Crippen MR) is 80.5 cm³/mol. The normalized spacial score (nSPS) is 12.2. The minimum Gasteiger partial charge on any atom is -0.392 e. The number of aromatic nitrogens is 1. The van der Waals surface area contributed by atoms with Crippen LogP contribution in [0, 0.1) is 6.92 Å². The van der Waals surface area contributed by atoms with Gasteiger partial charge in [-0.1, -0.05) is 12.1 Å². The Balaban J connectivity index is 2.34. The second kappa shape index (κ2) is 8.45. The fraction of sp³-hybridized carbons (Fsp3) is 0.467. The van der Waals surface area contributed by atoms with Crippen molar-refractivity contribution in [2.45, 2.75) is 25.9 Å². The molecular weight excluding hydrogens is 254 g/mol. The Labute approximate surface area is 120 Å². The Morgan fingerprint density at radius 3 is 2.95 bits per heavy atom. The average molecular weight is 277 g/mol. The Kier molecular flexibility index (Phi) is 6.90. The molecule has 1 aromatic heterocycles. The van der Waals surface area contributed by atoms with E-state index in [2.05, 4.69) is 16.9 Å². The highest BCUT2D eigenvalue weighted by Gasteiger charge is 2.11. The number of aliphatic hydroxyl groups excluding tert-OH is 1. The van der Waals surface area contributed by atoms with E-state index in [-0.39, 0.29) is 12.5 Å². The third kappa shape index (κ3) is 6.45. The first kappa shape index (κ1) is 16.3. The molecule has 1 atom stereocenters. The fourth-order valence-corrected chi connectivity index (χ4v) is 1.80. The maximum Gasteiger partial charge on any atom is 0.239 e. The second-order valence-electron chi connectivity index (χ2n) is 4.99. The summed E-state index contributed by atoms with van der Waals surface area (Å²) in [5.41, 5.74) is 1.05. The van der Waals surface area contributed by atoms with Crippen molar-refractivity contribution in [2.24, 2.45) is 0 Å². The molecule has 1 heterocycles. The van der Waals surface area contributed by atoms with E-state index in [9.17, 15) is 9.90 Å². The third-order valence-corrected chi connectivity index (χ3v) is 2.82. The minimum absolute atomic E-state index is 0.139. The van der Waals surface area contributed by atoms with Crippen LogP contribution in [0.2, 0.25) is 0 Å². The Bertz CT molecular complexity index is 431. The topological polar surface area (TPSA) is 65.5 Å². The Morgan fingerprint density at radius 1 is 1.60 bits per heavy atom. The number of likely N-dealkylation sites (N-methyl/N-ethyl adjacent to an activating group) is 1. The number of carbonyl (C=O) groups excluding carboxylic acids is 1. The number of aliphatic hydroxyl groups is 1. The molecule has 0 aromatic carbocycles. The molecule has 2 N–H and O–H groups in total. The minimum atomic E-state index is -0.441. The van der Waals surface area contributed by atoms with Gasteiger partial charge in [-0.15, -0.1) is 6.58 Å². The number of hydrogen-bond donors (Lipinski definition) is 2. The smallest absolute Gasteiger partial charge is 0.239 e. The zero-order chi connectivity index (χ0) is 15.0. The summed E-state index contributed by atoms with van der Waals surface area (Å²) in [4.78, 5) is 17.7. The molecule has 5 heteroatoms. The summed E-state index contributed by atoms with van der Waals surface area (Å²) in [6.07, 6.45) is 4.48. The summed E-state index contributed by atoms with van der Waals surface area (Å²) in [5.74, 6) is 0.404. The molecule has 0 saturated carbocycles. The van der Waals surface area contributed by atoms with Gasteiger partial charge in [0.25, 0.3) is 0 Å². The molecular formula is C15H23N3O2. The first-order valence-electron chi connectivity index (χ1n) is 6.71. The highest BCUT2D eigenvalue weighted by Crippen LogP contribution is 2.04. The van der Waals surface area contributed by atoms with Gasteiger partial charge in [-0.25, -0.2) is 4.98 Å². The fourth-order valence-electron chi connectivity index (χ4n) is 1.80. The number of anilines is 1. The van der Waals surface area contributed by atoms with Crippen LogP contribution >= 0.6 is 0 Å². The molecule has 0 radical (unpaired) electrons. The van der Waals surface area contributed by atoms with Gasteiger partial charge in [-0.3, -0.25) is 9.69 Å². The number of hydrogen-bond acceptors (Lipinski definition) is 4. The summed E-state index contributed by atoms with van der Waals surface area (Å²) in [5, 5.41) is 12.5. The van der Waals surface area contributed by atoms with Crippen LogP contribution in [0.4, 0.5) is 5.82 Å². The van der Waals surface area contributed by atoms with Crippen molar-refractivity contribution >= 4 is 11.7 Å². The van der Waals surface area contributed by atoms with E-state index in [1.807, 2.05) is 13.0 Å². The second-order valence-corrected chi connectivity index (χ2v) is 4.99. The number of pyridine rings is 1. The maximum absolute atomic E-state index is 11.8. The van der Waals surface area contributed by atoms with Crippen LogP contribution in [0.25, 0.3) is 0 Å². The molecule has 1 rings (SSSR count). The van der Waals surface area contributed by atoms with E-state index in [0.29, 0.717) is 18.8 Å². The number of carbonyl (C=O) groups is 1. The van der Waals surface area contributed by atoms with Gasteiger partial charge in [-0.05, 0) is 38.4 Å². The molecule has 0 bridgehead atoms. The zero-order valence-electron chi connectivity index (χ0n) is 12.2. The van der Waals surface area contributed by atoms with Gasteiger partial charge >= 0.3 is 0 Å². The van der Waals surface area contributed by atoms with Gasteiger partial charge in [0.15, 0.2) is 0 Å². The van der Waals surface area contributed by atoms with Crippen molar-refractivity contribution in [3.8, 4) is 0 Å². The number of aryl methyl sites for hydroxylation is 1. The lowest BCUT2D eigenvalue weighted by Gasteiger charge is -2.19. The lowest BCUT2D eigenvalue weighted by atomic mass is 10.2. The number of amides is 1. The molecule has 0 fully saturated rings. The van der Waals surface area contributed by atoms with Crippen molar-refractivity contribution in [1.82, 2.24) is 9.88 Å². The maximum atomic E-state index is 11.8. The lowest BCUT2D eigenvalue weighted by Crippen LogP contribution is -2.35. The van der Waals surface area contributed by atoms with Crippen LogP contribution in [0.3, 0.4) is 0 Å². The van der Waals surface area contributed by atoms with Crippen molar-refractivity contribution in [3.63, 3.8) is 0 Å². The number of rotatable bonds is 8. The molecule has 20 heavy (non-hydrogen) atoms. The molecule has 0 aliphatic heterocycles. The molecule has 1 amide bonds. The molecule has 5 nitrogen and oxygen atoms in total. The Morgan fingerprint density at radius 2 is 2.35 bits per heavy atom. The van der Waals surface area contributed by atoms with E-state index in [4.69, 9.17) is 0 Å².